The second kappa shape index (κ2) is 9.41. The standard InChI is InChI=1S/C21H23ClN4O2S/c1-13(2)11-26-20(28)16-8-6-10-23-19(16)25-21(26)29-12-18(27)24-14(3)15-7-4-5-9-17(15)22/h4-10,13-14H,11-12H2,1-3H3,(H,24,27)/t14-/m1/s1. The smallest absolute Gasteiger partial charge is 0.263 e. The van der Waals surface area contributed by atoms with Crippen LogP contribution in [-0.4, -0.2) is 26.2 Å². The normalized spacial score (nSPS) is 12.3. The number of rotatable bonds is 7. The van der Waals surface area contributed by atoms with Crippen molar-refractivity contribution in [3.63, 3.8) is 0 Å². The molecule has 1 amide bonds. The molecule has 2 heterocycles. The number of nitrogens with zero attached hydrogens (tertiary/aromatic N) is 3. The Bertz CT molecular complexity index is 1080. The molecule has 1 aromatic carbocycles. The summed E-state index contributed by atoms with van der Waals surface area (Å²) in [7, 11) is 0. The molecule has 152 valence electrons. The first kappa shape index (κ1) is 21.3. The Morgan fingerprint density at radius 3 is 2.69 bits per heavy atom. The Morgan fingerprint density at radius 1 is 1.21 bits per heavy atom. The summed E-state index contributed by atoms with van der Waals surface area (Å²) in [5, 5.41) is 4.53. The largest absolute Gasteiger partial charge is 0.349 e. The quantitative estimate of drug-likeness (QED) is 0.451. The molecule has 0 aliphatic carbocycles. The van der Waals surface area contributed by atoms with Crippen molar-refractivity contribution in [2.24, 2.45) is 5.92 Å². The number of hydrogen-bond donors (Lipinski definition) is 1. The minimum atomic E-state index is -0.221. The molecule has 3 rings (SSSR count). The van der Waals surface area contributed by atoms with E-state index < -0.39 is 0 Å². The maximum atomic E-state index is 12.9. The lowest BCUT2D eigenvalue weighted by atomic mass is 10.1. The van der Waals surface area contributed by atoms with Crippen LogP contribution in [0.1, 0.15) is 32.4 Å². The third kappa shape index (κ3) is 5.16. The van der Waals surface area contributed by atoms with Crippen LogP contribution in [0.15, 0.2) is 52.5 Å². The lowest BCUT2D eigenvalue weighted by molar-refractivity contribution is -0.119. The number of nitrogens with one attached hydrogen (secondary N) is 1. The second-order valence-corrected chi connectivity index (χ2v) is 8.53. The van der Waals surface area contributed by atoms with Crippen LogP contribution in [0.5, 0.6) is 0 Å². The van der Waals surface area contributed by atoms with Gasteiger partial charge in [-0.1, -0.05) is 55.4 Å². The van der Waals surface area contributed by atoms with Crippen LogP contribution in [0, 0.1) is 5.92 Å². The second-order valence-electron chi connectivity index (χ2n) is 7.18. The Hall–Kier alpha value is -2.38. The van der Waals surface area contributed by atoms with E-state index in [9.17, 15) is 9.59 Å². The van der Waals surface area contributed by atoms with Gasteiger partial charge < -0.3 is 5.32 Å². The van der Waals surface area contributed by atoms with Crippen LogP contribution in [0.2, 0.25) is 5.02 Å². The first-order valence-electron chi connectivity index (χ1n) is 9.39. The van der Waals surface area contributed by atoms with Crippen molar-refractivity contribution in [2.45, 2.75) is 38.5 Å². The number of benzene rings is 1. The highest BCUT2D eigenvalue weighted by Crippen LogP contribution is 2.23. The molecule has 0 aliphatic heterocycles. The number of carbonyl (C=O) groups is 1. The average Bonchev–Trinajstić information content (AvgIpc) is 2.69. The van der Waals surface area contributed by atoms with Crippen molar-refractivity contribution in [2.75, 3.05) is 5.75 Å². The molecule has 1 atom stereocenters. The number of hydrogen-bond acceptors (Lipinski definition) is 5. The van der Waals surface area contributed by atoms with Gasteiger partial charge in [-0.3, -0.25) is 14.2 Å². The Balaban J connectivity index is 1.78. The van der Waals surface area contributed by atoms with Crippen LogP contribution in [0.25, 0.3) is 11.0 Å². The summed E-state index contributed by atoms with van der Waals surface area (Å²) in [4.78, 5) is 34.1. The van der Waals surface area contributed by atoms with E-state index in [1.54, 1.807) is 29.0 Å². The Kier molecular flexibility index (Phi) is 6.92. The third-order valence-corrected chi connectivity index (χ3v) is 5.64. The molecule has 0 bridgehead atoms. The molecule has 0 spiro atoms. The van der Waals surface area contributed by atoms with Gasteiger partial charge in [0.15, 0.2) is 10.8 Å². The van der Waals surface area contributed by atoms with Crippen molar-refractivity contribution in [1.29, 1.82) is 0 Å². The van der Waals surface area contributed by atoms with Gasteiger partial charge >= 0.3 is 0 Å². The molecule has 3 aromatic rings. The highest BCUT2D eigenvalue weighted by molar-refractivity contribution is 7.99. The number of carbonyl (C=O) groups excluding carboxylic acids is 1. The summed E-state index contributed by atoms with van der Waals surface area (Å²) in [5.41, 5.74) is 1.12. The first-order chi connectivity index (χ1) is 13.9. The van der Waals surface area contributed by atoms with E-state index in [2.05, 4.69) is 15.3 Å². The summed E-state index contributed by atoms with van der Waals surface area (Å²) in [6.45, 7) is 6.48. The average molecular weight is 431 g/mol. The topological polar surface area (TPSA) is 76.9 Å². The molecule has 8 heteroatoms. The molecule has 6 nitrogen and oxygen atoms in total. The van der Waals surface area contributed by atoms with E-state index in [0.717, 1.165) is 5.56 Å². The van der Waals surface area contributed by atoms with E-state index in [0.29, 0.717) is 27.8 Å². The molecule has 0 saturated heterocycles. The van der Waals surface area contributed by atoms with Gasteiger partial charge in [0.25, 0.3) is 5.56 Å². The fourth-order valence-corrected chi connectivity index (χ4v) is 4.10. The highest BCUT2D eigenvalue weighted by atomic mass is 35.5. The number of pyridine rings is 1. The SMILES string of the molecule is CC(C)Cn1c(SCC(=O)N[C@H](C)c2ccccc2Cl)nc2ncccc2c1=O. The number of amides is 1. The summed E-state index contributed by atoms with van der Waals surface area (Å²) in [6, 6.07) is 10.6. The van der Waals surface area contributed by atoms with E-state index in [1.807, 2.05) is 39.0 Å². The fraction of sp³-hybridized carbons (Fsp3) is 0.333. The van der Waals surface area contributed by atoms with Crippen LogP contribution in [0.3, 0.4) is 0 Å². The molecule has 0 radical (unpaired) electrons. The van der Waals surface area contributed by atoms with Gasteiger partial charge in [-0.15, -0.1) is 0 Å². The number of aromatic nitrogens is 3. The van der Waals surface area contributed by atoms with Gasteiger partial charge in [0.2, 0.25) is 5.91 Å². The van der Waals surface area contributed by atoms with Crippen LogP contribution < -0.4 is 10.9 Å². The van der Waals surface area contributed by atoms with Crippen molar-refractivity contribution >= 4 is 40.3 Å². The van der Waals surface area contributed by atoms with Crippen LogP contribution in [-0.2, 0) is 11.3 Å². The summed E-state index contributed by atoms with van der Waals surface area (Å²) < 4.78 is 1.63. The van der Waals surface area contributed by atoms with E-state index >= 15 is 0 Å². The van der Waals surface area contributed by atoms with Gasteiger partial charge in [0, 0.05) is 17.8 Å². The van der Waals surface area contributed by atoms with Crippen LogP contribution in [0.4, 0.5) is 0 Å². The van der Waals surface area contributed by atoms with Crippen molar-refractivity contribution in [3.8, 4) is 0 Å². The maximum absolute atomic E-state index is 12.9. The van der Waals surface area contributed by atoms with Gasteiger partial charge in [0.05, 0.1) is 17.2 Å². The van der Waals surface area contributed by atoms with E-state index in [-0.39, 0.29) is 29.2 Å². The maximum Gasteiger partial charge on any atom is 0.263 e. The number of thioether (sulfide) groups is 1. The minimum absolute atomic E-state index is 0.135. The molecular weight excluding hydrogens is 408 g/mol. The number of halogens is 1. The third-order valence-electron chi connectivity index (χ3n) is 4.32. The van der Waals surface area contributed by atoms with Crippen molar-refractivity contribution in [1.82, 2.24) is 19.9 Å². The van der Waals surface area contributed by atoms with Gasteiger partial charge in [0.1, 0.15) is 0 Å². The molecule has 2 aromatic heterocycles. The zero-order chi connectivity index (χ0) is 21.0. The van der Waals surface area contributed by atoms with Crippen molar-refractivity contribution in [3.05, 3.63) is 63.5 Å². The van der Waals surface area contributed by atoms with Crippen LogP contribution >= 0.6 is 23.4 Å². The molecule has 0 saturated carbocycles. The first-order valence-corrected chi connectivity index (χ1v) is 10.7. The summed E-state index contributed by atoms with van der Waals surface area (Å²) in [5.74, 6) is 0.239. The minimum Gasteiger partial charge on any atom is -0.349 e. The molecular formula is C21H23ClN4O2S. The van der Waals surface area contributed by atoms with Gasteiger partial charge in [-0.25, -0.2) is 9.97 Å². The Morgan fingerprint density at radius 2 is 1.97 bits per heavy atom. The monoisotopic (exact) mass is 430 g/mol. The van der Waals surface area contributed by atoms with E-state index in [4.69, 9.17) is 11.6 Å². The highest BCUT2D eigenvalue weighted by Gasteiger charge is 2.16. The lowest BCUT2D eigenvalue weighted by Crippen LogP contribution is -2.29. The van der Waals surface area contributed by atoms with E-state index in [1.165, 1.54) is 11.8 Å². The molecule has 0 fully saturated rings. The van der Waals surface area contributed by atoms with Crippen molar-refractivity contribution < 1.29 is 4.79 Å². The predicted octanol–water partition coefficient (Wildman–Crippen LogP) is 4.07. The molecule has 0 unspecified atom stereocenters. The number of fused-ring (bicyclic) bond motifs is 1. The molecule has 1 N–H and O–H groups in total. The zero-order valence-electron chi connectivity index (χ0n) is 16.6. The van der Waals surface area contributed by atoms with Gasteiger partial charge in [-0.05, 0) is 36.6 Å². The predicted molar refractivity (Wildman–Crippen MR) is 117 cm³/mol. The summed E-state index contributed by atoms with van der Waals surface area (Å²) >= 11 is 7.44. The zero-order valence-corrected chi connectivity index (χ0v) is 18.1. The Labute approximate surface area is 178 Å². The summed E-state index contributed by atoms with van der Waals surface area (Å²) in [6.07, 6.45) is 1.61. The fourth-order valence-electron chi connectivity index (χ4n) is 2.99. The molecule has 29 heavy (non-hydrogen) atoms. The van der Waals surface area contributed by atoms with Gasteiger partial charge in [-0.2, -0.15) is 0 Å². The lowest BCUT2D eigenvalue weighted by Gasteiger charge is -2.17. The molecule has 0 aliphatic rings.